The molecular formula is C42H44F3N9O5. The Labute approximate surface area is 337 Å². The summed E-state index contributed by atoms with van der Waals surface area (Å²) in [7, 11) is 0. The van der Waals surface area contributed by atoms with E-state index in [4.69, 9.17) is 9.97 Å². The van der Waals surface area contributed by atoms with Crippen molar-refractivity contribution in [2.24, 2.45) is 0 Å². The molecule has 1 aliphatic rings. The molecule has 6 aromatic rings. The minimum Gasteiger partial charge on any atom is -0.441 e. The molecule has 0 spiro atoms. The van der Waals surface area contributed by atoms with Crippen molar-refractivity contribution in [2.75, 3.05) is 23.7 Å². The number of hydrogen-bond acceptors (Lipinski definition) is 11. The maximum absolute atomic E-state index is 13.5. The lowest BCUT2D eigenvalue weighted by Crippen LogP contribution is -2.46. The quantitative estimate of drug-likeness (QED) is 0.0827. The molecule has 1 saturated carbocycles. The van der Waals surface area contributed by atoms with Crippen molar-refractivity contribution in [3.05, 3.63) is 132 Å². The van der Waals surface area contributed by atoms with Crippen LogP contribution in [0.15, 0.2) is 110 Å². The van der Waals surface area contributed by atoms with E-state index in [-0.39, 0.29) is 29.9 Å². The number of nitrogens with one attached hydrogen (secondary N) is 3. The third kappa shape index (κ3) is 9.37. The van der Waals surface area contributed by atoms with Gasteiger partial charge in [-0.25, -0.2) is 14.8 Å². The van der Waals surface area contributed by atoms with Gasteiger partial charge in [0.15, 0.2) is 17.0 Å². The number of ether oxygens (including phenoxy) is 1. The SMILES string of the molecule is CC(C)n1cnc(CCNc2nc(NCC(c3ccccc3)c3ccccc3)c3ncn([C@@H]4C[C@H](NC(=O)C(OC(=O)C(F)(F)F)c5ccccc5)[C@@H](O)[C@H]4O)c3n2)c1. The summed E-state index contributed by atoms with van der Waals surface area (Å²) in [6.07, 6.45) is -4.64. The number of fused-ring (bicyclic) bond motifs is 1. The van der Waals surface area contributed by atoms with E-state index in [1.54, 1.807) is 17.0 Å². The average Bonchev–Trinajstić information content (AvgIpc) is 3.96. The molecule has 0 bridgehead atoms. The Morgan fingerprint density at radius 1 is 0.847 bits per heavy atom. The van der Waals surface area contributed by atoms with Crippen molar-refractivity contribution in [1.82, 2.24) is 34.4 Å². The Morgan fingerprint density at radius 2 is 1.47 bits per heavy atom. The van der Waals surface area contributed by atoms with Gasteiger partial charge in [-0.15, -0.1) is 0 Å². The van der Waals surface area contributed by atoms with Crippen LogP contribution in [0.5, 0.6) is 0 Å². The second-order valence-electron chi connectivity index (χ2n) is 14.7. The maximum Gasteiger partial charge on any atom is 0.490 e. The summed E-state index contributed by atoms with van der Waals surface area (Å²) in [6, 6.07) is 25.5. The van der Waals surface area contributed by atoms with Gasteiger partial charge in [0.25, 0.3) is 5.91 Å². The van der Waals surface area contributed by atoms with Gasteiger partial charge in [-0.2, -0.15) is 23.1 Å². The molecule has 308 valence electrons. The lowest BCUT2D eigenvalue weighted by atomic mass is 9.91. The van der Waals surface area contributed by atoms with E-state index in [2.05, 4.69) is 68.8 Å². The van der Waals surface area contributed by atoms with E-state index >= 15 is 0 Å². The fraction of sp³-hybridized carbons (Fsp3) is 0.333. The average molecular weight is 812 g/mol. The predicted octanol–water partition coefficient (Wildman–Crippen LogP) is 5.50. The molecule has 59 heavy (non-hydrogen) atoms. The van der Waals surface area contributed by atoms with Crippen molar-refractivity contribution < 1.29 is 37.7 Å². The molecule has 1 unspecified atom stereocenters. The molecule has 17 heteroatoms. The molecular weight excluding hydrogens is 768 g/mol. The van der Waals surface area contributed by atoms with Crippen molar-refractivity contribution >= 4 is 34.8 Å². The highest BCUT2D eigenvalue weighted by Crippen LogP contribution is 2.36. The monoisotopic (exact) mass is 811 g/mol. The number of nitrogens with zero attached hydrogens (tertiary/aromatic N) is 6. The van der Waals surface area contributed by atoms with Gasteiger partial charge in [-0.05, 0) is 31.4 Å². The molecule has 1 fully saturated rings. The van der Waals surface area contributed by atoms with Crippen molar-refractivity contribution in [3.63, 3.8) is 0 Å². The molecule has 3 aromatic heterocycles. The zero-order chi connectivity index (χ0) is 41.7. The standard InChI is InChI=1S/C42H44F3N9O5/c1-25(2)53-22-29(48-23-53)18-19-46-41-51-37(47-21-30(26-12-6-3-7-13-26)27-14-8-4-9-15-27)33-38(52-41)54(24-49-33)32-20-31(34(55)35(32)56)50-39(57)36(28-16-10-5-11-17-28)59-40(58)42(43,44)45/h3-17,22-25,30-32,34-36,55-56H,18-21H2,1-2H3,(H,50,57)(H2,46,47,51,52)/t31-,32+,34+,35-,36?/m0/s1. The van der Waals surface area contributed by atoms with Crippen molar-refractivity contribution in [2.45, 2.75) is 75.2 Å². The van der Waals surface area contributed by atoms with Crippen LogP contribution in [-0.4, -0.2) is 88.7 Å². The minimum absolute atomic E-state index is 0.0143. The third-order valence-electron chi connectivity index (χ3n) is 10.3. The Bertz CT molecular complexity index is 2300. The van der Waals surface area contributed by atoms with Gasteiger partial charge in [0.1, 0.15) is 12.2 Å². The second-order valence-corrected chi connectivity index (χ2v) is 14.7. The fourth-order valence-electron chi connectivity index (χ4n) is 7.21. The van der Waals surface area contributed by atoms with Crippen LogP contribution in [0.3, 0.4) is 0 Å². The second kappa shape index (κ2) is 17.7. The normalized spacial score (nSPS) is 18.6. The summed E-state index contributed by atoms with van der Waals surface area (Å²) in [5, 5.41) is 31.9. The summed E-state index contributed by atoms with van der Waals surface area (Å²) >= 11 is 0. The highest BCUT2D eigenvalue weighted by atomic mass is 19.4. The largest absolute Gasteiger partial charge is 0.490 e. The number of rotatable bonds is 15. The molecule has 3 aromatic carbocycles. The minimum atomic E-state index is -5.35. The molecule has 3 heterocycles. The number of amides is 1. The van der Waals surface area contributed by atoms with E-state index in [1.807, 2.05) is 47.2 Å². The van der Waals surface area contributed by atoms with Gasteiger partial charge in [-0.1, -0.05) is 91.0 Å². The van der Waals surface area contributed by atoms with Crippen LogP contribution in [0.2, 0.25) is 0 Å². The summed E-state index contributed by atoms with van der Waals surface area (Å²) in [6.45, 7) is 5.00. The Morgan fingerprint density at radius 3 is 2.07 bits per heavy atom. The summed E-state index contributed by atoms with van der Waals surface area (Å²) < 4.78 is 47.8. The first-order valence-electron chi connectivity index (χ1n) is 19.2. The molecule has 0 saturated heterocycles. The van der Waals surface area contributed by atoms with Crippen LogP contribution >= 0.6 is 0 Å². The van der Waals surface area contributed by atoms with Crippen LogP contribution in [-0.2, 0) is 20.7 Å². The fourth-order valence-corrected chi connectivity index (χ4v) is 7.21. The number of esters is 1. The molecule has 1 amide bonds. The van der Waals surface area contributed by atoms with Gasteiger partial charge in [0.2, 0.25) is 12.1 Å². The predicted molar refractivity (Wildman–Crippen MR) is 212 cm³/mol. The maximum atomic E-state index is 13.5. The number of imidazole rings is 2. The first-order valence-corrected chi connectivity index (χ1v) is 19.2. The number of aliphatic hydroxyl groups excluding tert-OH is 2. The van der Waals surface area contributed by atoms with Crippen LogP contribution in [0, 0.1) is 0 Å². The lowest BCUT2D eigenvalue weighted by molar-refractivity contribution is -0.205. The van der Waals surface area contributed by atoms with Crippen molar-refractivity contribution in [1.29, 1.82) is 0 Å². The van der Waals surface area contributed by atoms with Gasteiger partial charge in [-0.3, -0.25) is 4.79 Å². The Hall–Kier alpha value is -6.33. The van der Waals surface area contributed by atoms with Crippen LogP contribution in [0.1, 0.15) is 66.8 Å². The highest BCUT2D eigenvalue weighted by molar-refractivity contribution is 5.87. The van der Waals surface area contributed by atoms with E-state index in [9.17, 15) is 33.0 Å². The third-order valence-corrected chi connectivity index (χ3v) is 10.3. The highest BCUT2D eigenvalue weighted by Gasteiger charge is 2.47. The summed E-state index contributed by atoms with van der Waals surface area (Å²) in [5.41, 5.74) is 3.72. The van der Waals surface area contributed by atoms with E-state index in [0.717, 1.165) is 16.8 Å². The summed E-state index contributed by atoms with van der Waals surface area (Å²) in [5.74, 6) is -3.05. The molecule has 5 atom stereocenters. The number of aliphatic hydroxyl groups is 2. The van der Waals surface area contributed by atoms with Crippen LogP contribution in [0.25, 0.3) is 11.2 Å². The first-order chi connectivity index (χ1) is 28.4. The number of aromatic nitrogens is 6. The van der Waals surface area contributed by atoms with Gasteiger partial charge < -0.3 is 40.0 Å². The van der Waals surface area contributed by atoms with Gasteiger partial charge >= 0.3 is 12.1 Å². The van der Waals surface area contributed by atoms with Gasteiger partial charge in [0.05, 0.1) is 30.4 Å². The number of alkyl halides is 3. The van der Waals surface area contributed by atoms with Crippen molar-refractivity contribution in [3.8, 4) is 0 Å². The van der Waals surface area contributed by atoms with E-state index in [1.165, 1.54) is 30.6 Å². The number of halogens is 3. The summed E-state index contributed by atoms with van der Waals surface area (Å²) in [4.78, 5) is 44.0. The topological polar surface area (TPSA) is 181 Å². The number of benzene rings is 3. The first kappa shape index (κ1) is 40.9. The Balaban J connectivity index is 1.16. The molecule has 7 rings (SSSR count). The zero-order valence-electron chi connectivity index (χ0n) is 32.2. The number of anilines is 2. The van der Waals surface area contributed by atoms with Crippen LogP contribution < -0.4 is 16.0 Å². The molecule has 0 radical (unpaired) electrons. The zero-order valence-corrected chi connectivity index (χ0v) is 32.2. The number of hydrogen-bond donors (Lipinski definition) is 5. The van der Waals surface area contributed by atoms with E-state index < -0.39 is 48.4 Å². The number of carbonyl (C=O) groups excluding carboxylic acids is 2. The molecule has 0 aliphatic heterocycles. The molecule has 5 N–H and O–H groups in total. The molecule has 14 nitrogen and oxygen atoms in total. The Kier molecular flexibility index (Phi) is 12.2. The number of carbonyl (C=O) groups is 2. The smallest absolute Gasteiger partial charge is 0.441 e. The molecule has 1 aliphatic carbocycles. The lowest BCUT2D eigenvalue weighted by Gasteiger charge is -2.23. The van der Waals surface area contributed by atoms with Gasteiger partial charge in [0, 0.05) is 43.2 Å². The van der Waals surface area contributed by atoms with Crippen LogP contribution in [0.4, 0.5) is 24.9 Å². The van der Waals surface area contributed by atoms with E-state index in [0.29, 0.717) is 36.5 Å².